The van der Waals surface area contributed by atoms with Crippen molar-refractivity contribution in [3.8, 4) is 11.5 Å². The van der Waals surface area contributed by atoms with Crippen LogP contribution in [-0.2, 0) is 9.53 Å². The van der Waals surface area contributed by atoms with Gasteiger partial charge in [0.1, 0.15) is 0 Å². The molecule has 0 aromatic heterocycles. The molecule has 1 saturated carbocycles. The second kappa shape index (κ2) is 5.03. The third kappa shape index (κ3) is 2.68. The fourth-order valence-corrected chi connectivity index (χ4v) is 1.85. The molecule has 1 aliphatic carbocycles. The van der Waals surface area contributed by atoms with Crippen LogP contribution in [0.5, 0.6) is 11.5 Å². The molecule has 1 aromatic rings. The van der Waals surface area contributed by atoms with Gasteiger partial charge in [-0.3, -0.25) is 4.79 Å². The third-order valence-electron chi connectivity index (χ3n) is 3.19. The lowest BCUT2D eigenvalue weighted by atomic mass is 10.2. The van der Waals surface area contributed by atoms with Crippen LogP contribution in [0.4, 0.5) is 0 Å². The van der Waals surface area contributed by atoms with Gasteiger partial charge in [0.2, 0.25) is 6.79 Å². The number of esters is 1. The summed E-state index contributed by atoms with van der Waals surface area (Å²) in [5.74, 6) is 0.291. The number of ether oxygens (including phenoxy) is 3. The van der Waals surface area contributed by atoms with E-state index in [2.05, 4.69) is 5.32 Å². The number of benzene rings is 1. The molecule has 1 amide bonds. The quantitative estimate of drug-likeness (QED) is 0.838. The molecule has 0 bridgehead atoms. The molecule has 0 radical (unpaired) electrons. The van der Waals surface area contributed by atoms with Gasteiger partial charge in [-0.15, -0.1) is 0 Å². The van der Waals surface area contributed by atoms with Crippen LogP contribution in [0.1, 0.15) is 30.1 Å². The van der Waals surface area contributed by atoms with Gasteiger partial charge in [0.25, 0.3) is 5.91 Å². The highest BCUT2D eigenvalue weighted by molar-refractivity contribution is 5.93. The lowest BCUT2D eigenvalue weighted by Gasteiger charge is -2.13. The van der Waals surface area contributed by atoms with Gasteiger partial charge in [-0.2, -0.15) is 0 Å². The van der Waals surface area contributed by atoms with E-state index < -0.39 is 12.1 Å². The molecule has 1 heterocycles. The van der Waals surface area contributed by atoms with Gasteiger partial charge in [-0.05, 0) is 38.0 Å². The molecule has 1 aliphatic heterocycles. The van der Waals surface area contributed by atoms with Gasteiger partial charge in [0.05, 0.1) is 5.56 Å². The van der Waals surface area contributed by atoms with E-state index in [4.69, 9.17) is 14.2 Å². The monoisotopic (exact) mass is 277 g/mol. The lowest BCUT2D eigenvalue weighted by molar-refractivity contribution is -0.129. The zero-order valence-corrected chi connectivity index (χ0v) is 11.0. The van der Waals surface area contributed by atoms with E-state index in [0.29, 0.717) is 17.1 Å². The number of amides is 1. The van der Waals surface area contributed by atoms with Crippen LogP contribution >= 0.6 is 0 Å². The highest BCUT2D eigenvalue weighted by atomic mass is 16.7. The summed E-state index contributed by atoms with van der Waals surface area (Å²) < 4.78 is 15.5. The first-order valence-electron chi connectivity index (χ1n) is 6.54. The van der Waals surface area contributed by atoms with Crippen molar-refractivity contribution in [2.75, 3.05) is 6.79 Å². The Labute approximate surface area is 116 Å². The molecule has 2 aliphatic rings. The molecule has 1 aromatic carbocycles. The number of carbonyl (C=O) groups is 2. The maximum Gasteiger partial charge on any atom is 0.339 e. The van der Waals surface area contributed by atoms with Crippen LogP contribution in [0.3, 0.4) is 0 Å². The lowest BCUT2D eigenvalue weighted by Crippen LogP contribution is -2.37. The summed E-state index contributed by atoms with van der Waals surface area (Å²) in [6.45, 7) is 1.70. The van der Waals surface area contributed by atoms with Gasteiger partial charge in [0.15, 0.2) is 17.6 Å². The molecule has 1 atom stereocenters. The van der Waals surface area contributed by atoms with Gasteiger partial charge in [-0.1, -0.05) is 0 Å². The van der Waals surface area contributed by atoms with Gasteiger partial charge >= 0.3 is 5.97 Å². The van der Waals surface area contributed by atoms with Crippen molar-refractivity contribution in [3.63, 3.8) is 0 Å². The standard InChI is InChI=1S/C14H15NO5/c1-8(13(16)15-10-3-4-10)20-14(17)9-2-5-11-12(6-9)19-7-18-11/h2,5-6,8,10H,3-4,7H2,1H3,(H,15,16). The van der Waals surface area contributed by atoms with E-state index >= 15 is 0 Å². The Hall–Kier alpha value is -2.24. The van der Waals surface area contributed by atoms with E-state index in [9.17, 15) is 9.59 Å². The highest BCUT2D eigenvalue weighted by Crippen LogP contribution is 2.32. The van der Waals surface area contributed by atoms with Crippen LogP contribution in [0.15, 0.2) is 18.2 Å². The average molecular weight is 277 g/mol. The topological polar surface area (TPSA) is 73.9 Å². The Morgan fingerprint density at radius 3 is 2.80 bits per heavy atom. The predicted molar refractivity (Wildman–Crippen MR) is 68.6 cm³/mol. The highest BCUT2D eigenvalue weighted by Gasteiger charge is 2.27. The normalized spacial score (nSPS) is 17.4. The first kappa shape index (κ1) is 12.8. The van der Waals surface area contributed by atoms with Crippen molar-refractivity contribution in [2.24, 2.45) is 0 Å². The Kier molecular flexibility index (Phi) is 3.22. The van der Waals surface area contributed by atoms with E-state index in [1.165, 1.54) is 0 Å². The fourth-order valence-electron chi connectivity index (χ4n) is 1.85. The number of hydrogen-bond acceptors (Lipinski definition) is 5. The summed E-state index contributed by atoms with van der Waals surface area (Å²) in [6.07, 6.45) is 1.18. The summed E-state index contributed by atoms with van der Waals surface area (Å²) in [4.78, 5) is 23.7. The Balaban J connectivity index is 1.61. The fraction of sp³-hybridized carbons (Fsp3) is 0.429. The van der Waals surface area contributed by atoms with Crippen molar-refractivity contribution in [1.82, 2.24) is 5.32 Å². The molecule has 1 fully saturated rings. The van der Waals surface area contributed by atoms with Gasteiger partial charge in [-0.25, -0.2) is 4.79 Å². The summed E-state index contributed by atoms with van der Waals surface area (Å²) >= 11 is 0. The van der Waals surface area contributed by atoms with Crippen LogP contribution in [0, 0.1) is 0 Å². The minimum Gasteiger partial charge on any atom is -0.454 e. The molecule has 0 saturated heterocycles. The number of nitrogens with one attached hydrogen (secondary N) is 1. The van der Waals surface area contributed by atoms with Crippen molar-refractivity contribution in [3.05, 3.63) is 23.8 Å². The molecule has 1 unspecified atom stereocenters. The summed E-state index contributed by atoms with van der Waals surface area (Å²) in [5.41, 5.74) is 0.334. The molecular weight excluding hydrogens is 262 g/mol. The minimum absolute atomic E-state index is 0.147. The van der Waals surface area contributed by atoms with Crippen molar-refractivity contribution >= 4 is 11.9 Å². The molecular formula is C14H15NO5. The van der Waals surface area contributed by atoms with Crippen LogP contribution in [-0.4, -0.2) is 30.8 Å². The Bertz CT molecular complexity index is 552. The molecule has 20 heavy (non-hydrogen) atoms. The minimum atomic E-state index is -0.812. The van der Waals surface area contributed by atoms with Crippen LogP contribution in [0.25, 0.3) is 0 Å². The largest absolute Gasteiger partial charge is 0.454 e. The zero-order chi connectivity index (χ0) is 14.1. The van der Waals surface area contributed by atoms with Gasteiger partial charge < -0.3 is 19.5 Å². The van der Waals surface area contributed by atoms with Gasteiger partial charge in [0, 0.05) is 6.04 Å². The maximum absolute atomic E-state index is 12.0. The molecule has 0 spiro atoms. The smallest absolute Gasteiger partial charge is 0.339 e. The first-order chi connectivity index (χ1) is 9.63. The van der Waals surface area contributed by atoms with Crippen LogP contribution in [0.2, 0.25) is 0 Å². The predicted octanol–water partition coefficient (Wildman–Crippen LogP) is 1.24. The molecule has 106 valence electrons. The second-order valence-electron chi connectivity index (χ2n) is 4.90. The van der Waals surface area contributed by atoms with Crippen molar-refractivity contribution in [1.29, 1.82) is 0 Å². The molecule has 6 heteroatoms. The Morgan fingerprint density at radius 2 is 2.05 bits per heavy atom. The SMILES string of the molecule is CC(OC(=O)c1ccc2c(c1)OCO2)C(=O)NC1CC1. The third-order valence-corrected chi connectivity index (χ3v) is 3.19. The Morgan fingerprint density at radius 1 is 1.30 bits per heavy atom. The summed E-state index contributed by atoms with van der Waals surface area (Å²) in [5, 5.41) is 2.79. The van der Waals surface area contributed by atoms with Crippen LogP contribution < -0.4 is 14.8 Å². The van der Waals surface area contributed by atoms with E-state index in [0.717, 1.165) is 12.8 Å². The molecule has 1 N–H and O–H groups in total. The van der Waals surface area contributed by atoms with E-state index in [1.54, 1.807) is 25.1 Å². The number of fused-ring (bicyclic) bond motifs is 1. The first-order valence-corrected chi connectivity index (χ1v) is 6.54. The second-order valence-corrected chi connectivity index (χ2v) is 4.90. The zero-order valence-electron chi connectivity index (χ0n) is 11.0. The number of carbonyl (C=O) groups excluding carboxylic acids is 2. The molecule has 6 nitrogen and oxygen atoms in total. The molecule has 3 rings (SSSR count). The maximum atomic E-state index is 12.0. The van der Waals surface area contributed by atoms with E-state index in [1.807, 2.05) is 0 Å². The average Bonchev–Trinajstić information content (AvgIpc) is 3.12. The van der Waals surface area contributed by atoms with Crippen molar-refractivity contribution in [2.45, 2.75) is 31.9 Å². The number of hydrogen-bond donors (Lipinski definition) is 1. The number of rotatable bonds is 4. The van der Waals surface area contributed by atoms with E-state index in [-0.39, 0.29) is 18.7 Å². The summed E-state index contributed by atoms with van der Waals surface area (Å²) in [7, 11) is 0. The summed E-state index contributed by atoms with van der Waals surface area (Å²) in [6, 6.07) is 5.03. The van der Waals surface area contributed by atoms with Crippen molar-refractivity contribution < 1.29 is 23.8 Å².